The summed E-state index contributed by atoms with van der Waals surface area (Å²) in [4.78, 5) is 14.4. The number of amides is 1. The average molecular weight is 388 g/mol. The fourth-order valence-corrected chi connectivity index (χ4v) is 3.49. The second kappa shape index (κ2) is 7.87. The number of rotatable bonds is 5. The molecule has 7 nitrogen and oxygen atoms in total. The summed E-state index contributed by atoms with van der Waals surface area (Å²) in [6.45, 7) is 6.09. The van der Waals surface area contributed by atoms with Crippen LogP contribution in [-0.4, -0.2) is 38.7 Å². The largest absolute Gasteiger partial charge is 0.352 e. The molecule has 29 heavy (non-hydrogen) atoms. The fraction of sp³-hybridized carbons (Fsp3) is 0.273. The molecule has 1 amide bonds. The summed E-state index contributed by atoms with van der Waals surface area (Å²) in [5, 5.41) is 15.3. The van der Waals surface area contributed by atoms with Crippen LogP contribution in [-0.2, 0) is 4.79 Å². The van der Waals surface area contributed by atoms with Crippen molar-refractivity contribution in [3.8, 4) is 0 Å². The van der Waals surface area contributed by atoms with Gasteiger partial charge in [-0.25, -0.2) is 0 Å². The number of nitrogens with zero attached hydrogens (tertiary/aromatic N) is 5. The zero-order valence-electron chi connectivity index (χ0n) is 16.8. The van der Waals surface area contributed by atoms with Crippen LogP contribution in [0, 0.1) is 6.92 Å². The Morgan fingerprint density at radius 3 is 2.52 bits per heavy atom. The molecule has 0 aliphatic carbocycles. The first-order valence-corrected chi connectivity index (χ1v) is 9.71. The van der Waals surface area contributed by atoms with Gasteiger partial charge in [0.05, 0.1) is 5.70 Å². The molecule has 0 fully saturated rings. The van der Waals surface area contributed by atoms with E-state index in [1.54, 1.807) is 4.68 Å². The molecule has 0 bridgehead atoms. The van der Waals surface area contributed by atoms with Gasteiger partial charge < -0.3 is 5.32 Å². The number of hydrogen-bond acceptors (Lipinski definition) is 5. The van der Waals surface area contributed by atoms with E-state index >= 15 is 0 Å². The van der Waals surface area contributed by atoms with Crippen molar-refractivity contribution in [1.82, 2.24) is 25.5 Å². The molecule has 3 aromatic rings. The molecule has 7 heteroatoms. The Balaban J connectivity index is 1.80. The number of anilines is 1. The molecule has 1 aromatic heterocycles. The molecule has 1 aliphatic heterocycles. The summed E-state index contributed by atoms with van der Waals surface area (Å²) < 4.78 is 1.76. The van der Waals surface area contributed by atoms with Crippen LogP contribution in [0.1, 0.15) is 36.6 Å². The Bertz CT molecular complexity index is 1020. The van der Waals surface area contributed by atoms with Crippen molar-refractivity contribution in [1.29, 1.82) is 0 Å². The Morgan fingerprint density at radius 1 is 1.10 bits per heavy atom. The summed E-state index contributed by atoms with van der Waals surface area (Å²) in [5.41, 5.74) is 4.21. The van der Waals surface area contributed by atoms with Crippen molar-refractivity contribution in [2.45, 2.75) is 32.9 Å². The van der Waals surface area contributed by atoms with Gasteiger partial charge in [-0.2, -0.15) is 4.68 Å². The van der Waals surface area contributed by atoms with E-state index in [1.807, 2.05) is 49.1 Å². The minimum atomic E-state index is -0.153. The minimum Gasteiger partial charge on any atom is -0.352 e. The van der Waals surface area contributed by atoms with E-state index in [0.29, 0.717) is 5.95 Å². The second-order valence-electron chi connectivity index (χ2n) is 7.51. The number of allylic oxidation sites excluding steroid dienone is 1. The van der Waals surface area contributed by atoms with Crippen LogP contribution in [0.15, 0.2) is 60.7 Å². The number of aromatic nitrogens is 4. The van der Waals surface area contributed by atoms with Crippen molar-refractivity contribution >= 4 is 17.6 Å². The van der Waals surface area contributed by atoms with Crippen LogP contribution in [0.4, 0.5) is 5.95 Å². The van der Waals surface area contributed by atoms with Crippen molar-refractivity contribution in [3.05, 3.63) is 77.4 Å². The van der Waals surface area contributed by atoms with E-state index in [1.165, 1.54) is 5.56 Å². The van der Waals surface area contributed by atoms with Crippen molar-refractivity contribution in [2.75, 3.05) is 11.4 Å². The van der Waals surface area contributed by atoms with Gasteiger partial charge in [0.25, 0.3) is 5.95 Å². The zero-order chi connectivity index (χ0) is 20.4. The second-order valence-corrected chi connectivity index (χ2v) is 7.51. The lowest BCUT2D eigenvalue weighted by molar-refractivity contribution is -0.120. The third-order valence-corrected chi connectivity index (χ3v) is 4.83. The van der Waals surface area contributed by atoms with Crippen molar-refractivity contribution in [2.24, 2.45) is 0 Å². The van der Waals surface area contributed by atoms with Crippen LogP contribution in [0.2, 0.25) is 0 Å². The van der Waals surface area contributed by atoms with Gasteiger partial charge in [0, 0.05) is 6.04 Å². The Hall–Kier alpha value is -3.48. The first kappa shape index (κ1) is 18.9. The highest BCUT2D eigenvalue weighted by atomic mass is 16.2. The van der Waals surface area contributed by atoms with Crippen molar-refractivity contribution in [3.63, 3.8) is 0 Å². The number of nitrogens with one attached hydrogen (secondary N) is 1. The topological polar surface area (TPSA) is 75.9 Å². The quantitative estimate of drug-likeness (QED) is 0.727. The highest BCUT2D eigenvalue weighted by Gasteiger charge is 2.31. The summed E-state index contributed by atoms with van der Waals surface area (Å²) in [5.74, 6) is 0.473. The summed E-state index contributed by atoms with van der Waals surface area (Å²) in [6.07, 6.45) is 2.12. The monoisotopic (exact) mass is 388 g/mol. The number of benzene rings is 2. The Morgan fingerprint density at radius 2 is 1.83 bits per heavy atom. The number of carbonyl (C=O) groups is 1. The van der Waals surface area contributed by atoms with Gasteiger partial charge in [-0.15, -0.1) is 0 Å². The van der Waals surface area contributed by atoms with E-state index in [9.17, 15) is 4.79 Å². The molecule has 0 saturated carbocycles. The van der Waals surface area contributed by atoms with Gasteiger partial charge >= 0.3 is 0 Å². The predicted molar refractivity (Wildman–Crippen MR) is 112 cm³/mol. The molecular weight excluding hydrogens is 364 g/mol. The molecular formula is C22H24N6O. The first-order chi connectivity index (χ1) is 14.0. The zero-order valence-corrected chi connectivity index (χ0v) is 16.8. The maximum atomic E-state index is 12.6. The summed E-state index contributed by atoms with van der Waals surface area (Å²) in [7, 11) is 0. The first-order valence-electron chi connectivity index (χ1n) is 9.71. The van der Waals surface area contributed by atoms with Crippen LogP contribution in [0.3, 0.4) is 0 Å². The lowest BCUT2D eigenvalue weighted by Crippen LogP contribution is -2.42. The third kappa shape index (κ3) is 3.89. The number of tetrazole rings is 1. The number of fused-ring (bicyclic) bond motifs is 1. The molecule has 148 valence electrons. The average Bonchev–Trinajstić information content (AvgIpc) is 3.19. The summed E-state index contributed by atoms with van der Waals surface area (Å²) in [6, 6.07) is 18.3. The van der Waals surface area contributed by atoms with Gasteiger partial charge in [-0.05, 0) is 48.4 Å². The highest BCUT2D eigenvalue weighted by Crippen LogP contribution is 2.35. The van der Waals surface area contributed by atoms with E-state index in [-0.39, 0.29) is 24.5 Å². The molecule has 0 unspecified atom stereocenters. The van der Waals surface area contributed by atoms with Gasteiger partial charge in [0.2, 0.25) is 5.91 Å². The van der Waals surface area contributed by atoms with Crippen LogP contribution < -0.4 is 10.2 Å². The number of hydrogen-bond donors (Lipinski definition) is 1. The molecule has 0 radical (unpaired) electrons. The van der Waals surface area contributed by atoms with E-state index in [0.717, 1.165) is 16.8 Å². The number of aryl methyl sites for hydroxylation is 1. The molecule has 0 spiro atoms. The molecule has 1 N–H and O–H groups in total. The van der Waals surface area contributed by atoms with Crippen LogP contribution >= 0.6 is 0 Å². The summed E-state index contributed by atoms with van der Waals surface area (Å²) >= 11 is 0. The highest BCUT2D eigenvalue weighted by molar-refractivity contribution is 5.89. The van der Waals surface area contributed by atoms with Crippen LogP contribution in [0.25, 0.3) is 5.70 Å². The van der Waals surface area contributed by atoms with Crippen molar-refractivity contribution < 1.29 is 4.79 Å². The Labute approximate surface area is 170 Å². The molecule has 0 saturated heterocycles. The lowest BCUT2D eigenvalue weighted by atomic mass is 10.00. The van der Waals surface area contributed by atoms with E-state index in [4.69, 9.17) is 0 Å². The molecule has 1 aliphatic rings. The number of carbonyl (C=O) groups excluding carboxylic acids is 1. The smallest absolute Gasteiger partial charge is 0.251 e. The van der Waals surface area contributed by atoms with E-state index in [2.05, 4.69) is 58.1 Å². The maximum absolute atomic E-state index is 12.6. The molecule has 4 rings (SSSR count). The normalized spacial score (nSPS) is 15.8. The van der Waals surface area contributed by atoms with Crippen LogP contribution in [0.5, 0.6) is 0 Å². The standard InChI is InChI=1S/C22H24N6O/c1-15(2)23-21(29)14-27-19(17-7-5-4-6-8-17)13-20(28-22(27)24-25-26-28)18-11-9-16(3)10-12-18/h4-13,15,20H,14H2,1-3H3,(H,23,29)/t20-/m1/s1. The minimum absolute atomic E-state index is 0.0627. The maximum Gasteiger partial charge on any atom is 0.251 e. The predicted octanol–water partition coefficient (Wildman–Crippen LogP) is 2.96. The van der Waals surface area contributed by atoms with E-state index < -0.39 is 0 Å². The fourth-order valence-electron chi connectivity index (χ4n) is 3.49. The van der Waals surface area contributed by atoms with Gasteiger partial charge in [-0.3, -0.25) is 9.69 Å². The molecule has 2 aromatic carbocycles. The van der Waals surface area contributed by atoms with Gasteiger partial charge in [0.15, 0.2) is 0 Å². The molecule has 1 atom stereocenters. The van der Waals surface area contributed by atoms with Gasteiger partial charge in [-0.1, -0.05) is 65.3 Å². The van der Waals surface area contributed by atoms with Gasteiger partial charge in [0.1, 0.15) is 12.6 Å². The Kier molecular flexibility index (Phi) is 5.12. The molecule has 2 heterocycles. The lowest BCUT2D eigenvalue weighted by Gasteiger charge is -2.32. The third-order valence-electron chi connectivity index (χ3n) is 4.83. The SMILES string of the molecule is Cc1ccc([C@H]2C=C(c3ccccc3)N(CC(=O)NC(C)C)c3nnnn32)cc1.